The Morgan fingerprint density at radius 3 is 3.05 bits per heavy atom. The maximum absolute atomic E-state index is 12.1. The van der Waals surface area contributed by atoms with Gasteiger partial charge in [-0.15, -0.1) is 0 Å². The van der Waals surface area contributed by atoms with Crippen molar-refractivity contribution in [3.8, 4) is 0 Å². The Hall–Kier alpha value is -0.830. The first-order valence-electron chi connectivity index (χ1n) is 8.87. The van der Waals surface area contributed by atoms with Crippen LogP contribution in [0.4, 0.5) is 0 Å². The first-order chi connectivity index (χ1) is 10.1. The van der Waals surface area contributed by atoms with Crippen LogP contribution in [0.3, 0.4) is 0 Å². The van der Waals surface area contributed by atoms with Crippen LogP contribution in [0.2, 0.25) is 0 Å². The molecule has 2 bridgehead atoms. The third-order valence-electron chi connectivity index (χ3n) is 6.57. The van der Waals surface area contributed by atoms with Gasteiger partial charge in [0.05, 0.1) is 0 Å². The van der Waals surface area contributed by atoms with Gasteiger partial charge in [0, 0.05) is 24.7 Å². The van der Waals surface area contributed by atoms with Crippen LogP contribution in [0, 0.1) is 17.8 Å². The summed E-state index contributed by atoms with van der Waals surface area (Å²) in [6.07, 6.45) is 8.88. The second kappa shape index (κ2) is 4.84. The minimum absolute atomic E-state index is 0.238. The monoisotopic (exact) mass is 288 g/mol. The molecule has 4 atom stereocenters. The lowest BCUT2D eigenvalue weighted by molar-refractivity contribution is -0.128. The fourth-order valence-corrected chi connectivity index (χ4v) is 6.03. The fourth-order valence-electron chi connectivity index (χ4n) is 6.03. The fraction of sp³-hybridized carbons (Fsp3) is 0.833. The van der Waals surface area contributed by atoms with Crippen LogP contribution < -0.4 is 5.32 Å². The van der Waals surface area contributed by atoms with Gasteiger partial charge in [-0.3, -0.25) is 4.79 Å². The van der Waals surface area contributed by atoms with E-state index in [0.717, 1.165) is 43.7 Å². The lowest BCUT2D eigenvalue weighted by Crippen LogP contribution is -2.64. The van der Waals surface area contributed by atoms with Crippen LogP contribution >= 0.6 is 0 Å². The first kappa shape index (κ1) is 13.8. The van der Waals surface area contributed by atoms with Crippen molar-refractivity contribution in [2.75, 3.05) is 13.1 Å². The minimum atomic E-state index is 0.238. The van der Waals surface area contributed by atoms with E-state index in [2.05, 4.69) is 17.1 Å². The summed E-state index contributed by atoms with van der Waals surface area (Å²) in [6.45, 7) is 6.27. The summed E-state index contributed by atoms with van der Waals surface area (Å²) in [7, 11) is 0. The number of carbonyl (C=O) groups is 1. The molecule has 0 radical (unpaired) electrons. The number of nitrogens with zero attached hydrogens (tertiary/aromatic N) is 1. The normalized spacial score (nSPS) is 42.4. The van der Waals surface area contributed by atoms with E-state index in [0.29, 0.717) is 0 Å². The van der Waals surface area contributed by atoms with E-state index in [-0.39, 0.29) is 11.4 Å². The SMILES string of the molecule is CC(=O)N1CCCC2=C1C[C@H]1C[C@@H](C)C[C@]23NCCC[C@H]13. The maximum Gasteiger partial charge on any atom is 0.223 e. The average molecular weight is 288 g/mol. The summed E-state index contributed by atoms with van der Waals surface area (Å²) in [5.41, 5.74) is 3.27. The molecule has 0 aromatic rings. The molecule has 1 N–H and O–H groups in total. The third kappa shape index (κ3) is 1.93. The number of amides is 1. The van der Waals surface area contributed by atoms with Crippen molar-refractivity contribution >= 4 is 5.91 Å². The molecule has 0 unspecified atom stereocenters. The van der Waals surface area contributed by atoms with E-state index in [9.17, 15) is 4.79 Å². The zero-order valence-corrected chi connectivity index (χ0v) is 13.5. The van der Waals surface area contributed by atoms with Crippen molar-refractivity contribution in [1.82, 2.24) is 10.2 Å². The van der Waals surface area contributed by atoms with Crippen LogP contribution in [-0.2, 0) is 4.79 Å². The number of nitrogens with one attached hydrogen (secondary N) is 1. The smallest absolute Gasteiger partial charge is 0.223 e. The molecular formula is C18H28N2O. The summed E-state index contributed by atoms with van der Waals surface area (Å²) in [4.78, 5) is 14.2. The molecule has 0 spiro atoms. The number of hydrogen-bond acceptors (Lipinski definition) is 2. The highest BCUT2D eigenvalue weighted by molar-refractivity contribution is 5.76. The molecule has 2 aliphatic heterocycles. The van der Waals surface area contributed by atoms with Gasteiger partial charge in [0.2, 0.25) is 5.91 Å². The van der Waals surface area contributed by atoms with Gasteiger partial charge >= 0.3 is 0 Å². The Balaban J connectivity index is 1.83. The lowest BCUT2D eigenvalue weighted by Gasteiger charge is -2.60. The molecule has 4 aliphatic rings. The van der Waals surface area contributed by atoms with Crippen molar-refractivity contribution in [2.24, 2.45) is 17.8 Å². The van der Waals surface area contributed by atoms with Crippen LogP contribution in [0.1, 0.15) is 58.8 Å². The molecule has 0 aromatic carbocycles. The Kier molecular flexibility index (Phi) is 3.18. The van der Waals surface area contributed by atoms with Crippen LogP contribution in [0.15, 0.2) is 11.3 Å². The topological polar surface area (TPSA) is 32.3 Å². The summed E-state index contributed by atoms with van der Waals surface area (Å²) >= 11 is 0. The van der Waals surface area contributed by atoms with Gasteiger partial charge in [0.1, 0.15) is 0 Å². The standard InChI is InChI=1S/C18H28N2O/c1-12-9-14-10-17-16(6-4-8-20(17)13(2)21)18(11-12)15(14)5-3-7-19-18/h12,14-15,19H,3-11H2,1-2H3/t12-,14-,15-,18-/m1/s1. The number of carbonyl (C=O) groups excluding carboxylic acids is 1. The molecule has 0 aromatic heterocycles. The van der Waals surface area contributed by atoms with Gasteiger partial charge in [-0.25, -0.2) is 0 Å². The quantitative estimate of drug-likeness (QED) is 0.743. The first-order valence-corrected chi connectivity index (χ1v) is 8.87. The van der Waals surface area contributed by atoms with Gasteiger partial charge < -0.3 is 10.2 Å². The Morgan fingerprint density at radius 1 is 1.38 bits per heavy atom. The average Bonchev–Trinajstić information content (AvgIpc) is 2.46. The predicted octanol–water partition coefficient (Wildman–Crippen LogP) is 3.07. The maximum atomic E-state index is 12.1. The van der Waals surface area contributed by atoms with E-state index in [1.165, 1.54) is 37.8 Å². The molecule has 21 heavy (non-hydrogen) atoms. The largest absolute Gasteiger partial charge is 0.316 e. The number of allylic oxidation sites excluding steroid dienone is 1. The summed E-state index contributed by atoms with van der Waals surface area (Å²) in [5, 5.41) is 3.96. The Morgan fingerprint density at radius 2 is 2.24 bits per heavy atom. The van der Waals surface area contributed by atoms with E-state index >= 15 is 0 Å². The molecule has 116 valence electrons. The molecule has 2 fully saturated rings. The molecule has 1 saturated heterocycles. The van der Waals surface area contributed by atoms with Gasteiger partial charge in [0.15, 0.2) is 0 Å². The van der Waals surface area contributed by atoms with Gasteiger partial charge in [-0.05, 0) is 74.8 Å². The van der Waals surface area contributed by atoms with Crippen LogP contribution in [0.25, 0.3) is 0 Å². The zero-order chi connectivity index (χ0) is 14.6. The van der Waals surface area contributed by atoms with Crippen molar-refractivity contribution in [1.29, 1.82) is 0 Å². The highest BCUT2D eigenvalue weighted by atomic mass is 16.2. The summed E-state index contributed by atoms with van der Waals surface area (Å²) < 4.78 is 0. The zero-order valence-electron chi connectivity index (χ0n) is 13.5. The number of hydrogen-bond donors (Lipinski definition) is 1. The van der Waals surface area contributed by atoms with Crippen molar-refractivity contribution < 1.29 is 4.79 Å². The van der Waals surface area contributed by atoms with E-state index in [1.54, 1.807) is 12.5 Å². The van der Waals surface area contributed by atoms with Gasteiger partial charge in [0.25, 0.3) is 0 Å². The molecule has 4 rings (SSSR count). The van der Waals surface area contributed by atoms with Crippen LogP contribution in [0.5, 0.6) is 0 Å². The lowest BCUT2D eigenvalue weighted by atomic mass is 9.53. The molecule has 3 heteroatoms. The molecule has 1 saturated carbocycles. The second-order valence-corrected chi connectivity index (χ2v) is 7.86. The summed E-state index contributed by atoms with van der Waals surface area (Å²) in [5.74, 6) is 2.69. The second-order valence-electron chi connectivity index (χ2n) is 7.86. The molecule has 2 aliphatic carbocycles. The van der Waals surface area contributed by atoms with Crippen molar-refractivity contribution in [3.05, 3.63) is 11.3 Å². The third-order valence-corrected chi connectivity index (χ3v) is 6.57. The van der Waals surface area contributed by atoms with Crippen molar-refractivity contribution in [3.63, 3.8) is 0 Å². The predicted molar refractivity (Wildman–Crippen MR) is 83.6 cm³/mol. The molecule has 1 amide bonds. The number of piperidine rings is 1. The summed E-state index contributed by atoms with van der Waals surface area (Å²) in [6, 6.07) is 0. The minimum Gasteiger partial charge on any atom is -0.316 e. The van der Waals surface area contributed by atoms with E-state index in [1.807, 2.05) is 0 Å². The van der Waals surface area contributed by atoms with Gasteiger partial charge in [-0.2, -0.15) is 0 Å². The molecule has 3 nitrogen and oxygen atoms in total. The van der Waals surface area contributed by atoms with Crippen LogP contribution in [-0.4, -0.2) is 29.4 Å². The number of rotatable bonds is 0. The van der Waals surface area contributed by atoms with E-state index < -0.39 is 0 Å². The van der Waals surface area contributed by atoms with E-state index in [4.69, 9.17) is 0 Å². The molecule has 2 heterocycles. The van der Waals surface area contributed by atoms with Crippen molar-refractivity contribution in [2.45, 2.75) is 64.3 Å². The Labute approximate surface area is 128 Å². The highest BCUT2D eigenvalue weighted by Crippen LogP contribution is 2.56. The van der Waals surface area contributed by atoms with Gasteiger partial charge in [-0.1, -0.05) is 6.92 Å². The highest BCUT2D eigenvalue weighted by Gasteiger charge is 2.55. The Bertz CT molecular complexity index is 497. The molecular weight excluding hydrogens is 260 g/mol.